The molecule has 1 aromatic rings. The van der Waals surface area contributed by atoms with E-state index in [1.807, 2.05) is 4.98 Å². The molecule has 0 aliphatic carbocycles. The van der Waals surface area contributed by atoms with Crippen LogP contribution < -0.4 is 11.2 Å². The van der Waals surface area contributed by atoms with Crippen molar-refractivity contribution in [1.82, 2.24) is 9.55 Å². The smallest absolute Gasteiger partial charge is 0.773 e. The van der Waals surface area contributed by atoms with Gasteiger partial charge in [0.05, 0.1) is 12.7 Å². The number of rotatable bonds is 8. The van der Waals surface area contributed by atoms with Crippen LogP contribution in [0.1, 0.15) is 20.1 Å². The molecular weight excluding hydrogens is 698 g/mol. The summed E-state index contributed by atoms with van der Waals surface area (Å²) in [6.07, 6.45) is -3.04. The van der Waals surface area contributed by atoms with E-state index in [-0.39, 0.29) is 46.4 Å². The van der Waals surface area contributed by atoms with Crippen LogP contribution in [0.5, 0.6) is 0 Å². The van der Waals surface area contributed by atoms with Crippen molar-refractivity contribution >= 4 is 36.1 Å². The number of hydrogen-bond acceptors (Lipinski definition) is 11. The molecule has 1 aliphatic rings. The molecule has 0 bridgehead atoms. The summed E-state index contributed by atoms with van der Waals surface area (Å²) in [6, 6.07) is 0. The van der Waals surface area contributed by atoms with Gasteiger partial charge in [-0.2, -0.15) is 8.62 Å². The van der Waals surface area contributed by atoms with Crippen LogP contribution in [0.2, 0.25) is 0 Å². The number of hydrogen-bond donors (Lipinski definition) is 6. The topological polar surface area (TPSA) is 244 Å². The zero-order chi connectivity index (χ0) is 22.2. The van der Waals surface area contributed by atoms with Crippen LogP contribution in [-0.4, -0.2) is 53.0 Å². The maximum atomic E-state index is 11.8. The Hall–Kier alpha value is 0.165. The molecule has 0 amide bonds. The number of aromatic amines is 1. The molecule has 1 fully saturated rings. The normalized spacial score (nSPS) is 25.0. The van der Waals surface area contributed by atoms with Crippen molar-refractivity contribution in [2.75, 3.05) is 6.61 Å². The van der Waals surface area contributed by atoms with E-state index >= 15 is 0 Å². The van der Waals surface area contributed by atoms with Crippen LogP contribution in [0.15, 0.2) is 20.7 Å². The Morgan fingerprint density at radius 2 is 1.74 bits per heavy atom. The van der Waals surface area contributed by atoms with Crippen LogP contribution in [0.25, 0.3) is 0 Å². The van der Waals surface area contributed by atoms with Crippen molar-refractivity contribution in [1.29, 1.82) is 0 Å². The molecule has 1 saturated heterocycles. The van der Waals surface area contributed by atoms with Crippen LogP contribution in [0.4, 0.5) is 0 Å². The Bertz CT molecular complexity index is 1020. The van der Waals surface area contributed by atoms with Crippen molar-refractivity contribution in [3.8, 4) is 0 Å². The number of ether oxygens (including phenoxy) is 1. The first-order valence-corrected chi connectivity index (χ1v) is 12.2. The average Bonchev–Trinajstić information content (AvgIpc) is 2.86. The summed E-state index contributed by atoms with van der Waals surface area (Å²) in [7, 11) is -16.6. The first kappa shape index (κ1) is 31.2. The third-order valence-electron chi connectivity index (χ3n) is 3.27. The Balaban J connectivity index is 0.00000450. The number of nitrogens with zero attached hydrogens (tertiary/aromatic N) is 1. The number of H-pyrrole nitrogens is 1. The van der Waals surface area contributed by atoms with Gasteiger partial charge in [0, 0.05) is 6.42 Å². The van der Waals surface area contributed by atoms with Crippen molar-refractivity contribution in [3.63, 3.8) is 0 Å². The monoisotopic (exact) mass is 717 g/mol. The summed E-state index contributed by atoms with van der Waals surface area (Å²) in [5, 5.41) is 9.96. The van der Waals surface area contributed by atoms with Gasteiger partial charge in [-0.3, -0.25) is 18.9 Å². The van der Waals surface area contributed by atoms with Gasteiger partial charge in [0.2, 0.25) is 5.56 Å². The van der Waals surface area contributed by atoms with Crippen molar-refractivity contribution in [2.45, 2.75) is 37.2 Å². The zero-order valence-corrected chi connectivity index (χ0v) is 23.5. The third-order valence-corrected chi connectivity index (χ3v) is 7.36. The Morgan fingerprint density at radius 3 is 2.29 bits per heavy atom. The summed E-state index contributed by atoms with van der Waals surface area (Å²) in [5.74, 6) is 0. The molecule has 0 spiro atoms. The summed E-state index contributed by atoms with van der Waals surface area (Å²) in [6.45, 7) is -0.903. The minimum absolute atomic E-state index is 0. The molecule has 0 saturated carbocycles. The number of phosphoric ester groups is 1. The van der Waals surface area contributed by atoms with Gasteiger partial charge in [-0.25, -0.2) is 18.5 Å². The molecule has 175 valence electrons. The SMILES string of the molecule is C.O=c1[nH]c(=O)n([C@H]2C[C@H](O)[C@@H](COP(=O)(O)OP(=O)(O)OP(=O)(O)O)O2)cc1[S-].[Hg+]. The van der Waals surface area contributed by atoms with Gasteiger partial charge in [-0.15, -0.1) is 0 Å². The van der Waals surface area contributed by atoms with Crippen molar-refractivity contribution in [2.24, 2.45) is 0 Å². The van der Waals surface area contributed by atoms with Gasteiger partial charge in [0.15, 0.2) is 0 Å². The van der Waals surface area contributed by atoms with Gasteiger partial charge < -0.3 is 42.0 Å². The molecule has 21 heteroatoms. The molecule has 2 rings (SSSR count). The molecule has 0 aromatic carbocycles. The Labute approximate surface area is 199 Å². The quantitative estimate of drug-likeness (QED) is 0.108. The van der Waals surface area contributed by atoms with E-state index in [2.05, 4.69) is 13.1 Å². The molecule has 5 atom stereocenters. The van der Waals surface area contributed by atoms with Gasteiger partial charge in [-0.1, -0.05) is 12.3 Å². The molecule has 16 nitrogen and oxygen atoms in total. The van der Waals surface area contributed by atoms with E-state index in [4.69, 9.17) is 32.0 Å². The maximum Gasteiger partial charge on any atom is 1.00 e. The second-order valence-corrected chi connectivity index (χ2v) is 10.3. The second kappa shape index (κ2) is 11.5. The van der Waals surface area contributed by atoms with E-state index in [0.29, 0.717) is 0 Å². The van der Waals surface area contributed by atoms with Gasteiger partial charge >= 0.3 is 56.8 Å². The number of phosphoric acid groups is 3. The van der Waals surface area contributed by atoms with Crippen LogP contribution in [0.3, 0.4) is 0 Å². The molecule has 1 radical (unpaired) electrons. The van der Waals surface area contributed by atoms with Crippen molar-refractivity contribution in [3.05, 3.63) is 27.0 Å². The van der Waals surface area contributed by atoms with E-state index in [0.717, 1.165) is 10.8 Å². The fraction of sp³-hybridized carbons (Fsp3) is 0.600. The largest absolute Gasteiger partial charge is 1.00 e. The van der Waals surface area contributed by atoms with Crippen LogP contribution >= 0.6 is 23.5 Å². The van der Waals surface area contributed by atoms with Gasteiger partial charge in [0.25, 0.3) is 0 Å². The van der Waals surface area contributed by atoms with E-state index in [1.165, 1.54) is 0 Å². The number of nitrogens with one attached hydrogen (secondary N) is 1. The van der Waals surface area contributed by atoms with Crippen LogP contribution in [-0.2, 0) is 71.9 Å². The summed E-state index contributed by atoms with van der Waals surface area (Å²) in [5.41, 5.74) is -1.70. The minimum atomic E-state index is -5.68. The zero-order valence-electron chi connectivity index (χ0n) is 14.5. The average molecular weight is 716 g/mol. The van der Waals surface area contributed by atoms with Crippen molar-refractivity contribution < 1.29 is 83.9 Å². The summed E-state index contributed by atoms with van der Waals surface area (Å²) in [4.78, 5) is 60.1. The second-order valence-electron chi connectivity index (χ2n) is 5.48. The molecule has 1 aromatic heterocycles. The Morgan fingerprint density at radius 1 is 1.16 bits per heavy atom. The van der Waals surface area contributed by atoms with Crippen LogP contribution in [0, 0.1) is 0 Å². The summed E-state index contributed by atoms with van der Waals surface area (Å²) < 4.78 is 51.0. The number of aliphatic hydroxyl groups excluding tert-OH is 1. The standard InChI is InChI=1S/C9H15N2O14P3S.CH4.Hg/c12-4-1-7(11-2-6(29)8(13)10-9(11)14)23-5(4)3-22-27(18,19)25-28(20,21)24-26(15,16)17;;/h2,4-5,7,12,29H,1,3H2,(H,18,19)(H,20,21)(H,10,13,14)(H2,15,16,17);1H4;/q;;+1/p-1/t4-,5+,7+;;/m0../s1. The number of aromatic nitrogens is 2. The number of aliphatic hydroxyl groups is 1. The van der Waals surface area contributed by atoms with Gasteiger partial charge in [-0.05, 0) is 6.20 Å². The molecule has 2 unspecified atom stereocenters. The van der Waals surface area contributed by atoms with E-state index in [1.54, 1.807) is 0 Å². The maximum absolute atomic E-state index is 11.8. The Kier molecular flexibility index (Phi) is 11.6. The first-order valence-electron chi connectivity index (χ1n) is 7.23. The fourth-order valence-corrected chi connectivity index (χ4v) is 5.38. The molecule has 1 aliphatic heterocycles. The predicted molar refractivity (Wildman–Crippen MR) is 98.0 cm³/mol. The summed E-state index contributed by atoms with van der Waals surface area (Å²) >= 11 is 4.73. The first-order chi connectivity index (χ1) is 13.1. The molecular formula is C10H18HgN2O14P3S. The third kappa shape index (κ3) is 9.51. The van der Waals surface area contributed by atoms with Gasteiger partial charge in [0.1, 0.15) is 12.3 Å². The van der Waals surface area contributed by atoms with E-state index in [9.17, 15) is 33.3 Å². The molecule has 2 heterocycles. The van der Waals surface area contributed by atoms with E-state index < -0.39 is 59.8 Å². The fourth-order valence-electron chi connectivity index (χ4n) is 2.19. The molecule has 31 heavy (non-hydrogen) atoms. The minimum Gasteiger partial charge on any atom is -0.773 e. The molecule has 6 N–H and O–H groups in total. The predicted octanol–water partition coefficient (Wildman–Crippen LogP) is -0.932.